The smallest absolute Gasteiger partial charge is 0.0518 e. The fourth-order valence-electron chi connectivity index (χ4n) is 1.46. The number of ether oxygens (including phenoxy) is 1. The van der Waals surface area contributed by atoms with Crippen LogP contribution in [0.1, 0.15) is 32.4 Å². The Morgan fingerprint density at radius 3 is 2.88 bits per heavy atom. The highest BCUT2D eigenvalue weighted by atomic mass is 16.5. The maximum Gasteiger partial charge on any atom is 0.0518 e. The summed E-state index contributed by atoms with van der Waals surface area (Å²) < 4.78 is 7.37. The molecule has 0 amide bonds. The number of nitrogens with one attached hydrogen (secondary N) is 1. The summed E-state index contributed by atoms with van der Waals surface area (Å²) in [5, 5.41) is 7.52. The van der Waals surface area contributed by atoms with E-state index in [2.05, 4.69) is 24.3 Å². The van der Waals surface area contributed by atoms with Gasteiger partial charge in [0.2, 0.25) is 0 Å². The number of rotatable bonds is 8. The van der Waals surface area contributed by atoms with Crippen LogP contribution in [0.5, 0.6) is 0 Å². The van der Waals surface area contributed by atoms with Gasteiger partial charge in [-0.25, -0.2) is 0 Å². The minimum atomic E-state index is 0.349. The van der Waals surface area contributed by atoms with Gasteiger partial charge in [-0.05, 0) is 39.3 Å². The monoisotopic (exact) mass is 225 g/mol. The summed E-state index contributed by atoms with van der Waals surface area (Å²) in [6.07, 6.45) is 4.46. The Hall–Kier alpha value is -0.870. The number of hydrogen-bond acceptors (Lipinski definition) is 3. The first-order valence-corrected chi connectivity index (χ1v) is 5.99. The molecule has 16 heavy (non-hydrogen) atoms. The van der Waals surface area contributed by atoms with Crippen molar-refractivity contribution in [2.45, 2.75) is 39.3 Å². The van der Waals surface area contributed by atoms with Gasteiger partial charge in [0, 0.05) is 26.4 Å². The van der Waals surface area contributed by atoms with Crippen LogP contribution in [0.15, 0.2) is 12.3 Å². The Morgan fingerprint density at radius 2 is 2.25 bits per heavy atom. The lowest BCUT2D eigenvalue weighted by atomic mass is 10.3. The maximum absolute atomic E-state index is 5.47. The first-order valence-electron chi connectivity index (χ1n) is 5.99. The fourth-order valence-corrected chi connectivity index (χ4v) is 1.46. The van der Waals surface area contributed by atoms with Crippen molar-refractivity contribution in [3.63, 3.8) is 0 Å². The van der Waals surface area contributed by atoms with E-state index in [1.807, 2.05) is 24.0 Å². The molecule has 0 aliphatic carbocycles. The molecule has 0 saturated heterocycles. The molecule has 0 aromatic carbocycles. The highest BCUT2D eigenvalue weighted by Gasteiger charge is 1.97. The van der Waals surface area contributed by atoms with Gasteiger partial charge < -0.3 is 10.1 Å². The summed E-state index contributed by atoms with van der Waals surface area (Å²) in [6.45, 7) is 6.93. The lowest BCUT2D eigenvalue weighted by Gasteiger charge is -2.08. The van der Waals surface area contributed by atoms with E-state index in [0.29, 0.717) is 6.10 Å². The fraction of sp³-hybridized carbons (Fsp3) is 0.750. The molecule has 0 radical (unpaired) electrons. The highest BCUT2D eigenvalue weighted by Crippen LogP contribution is 1.96. The van der Waals surface area contributed by atoms with E-state index in [4.69, 9.17) is 4.74 Å². The maximum atomic E-state index is 5.47. The predicted octanol–water partition coefficient (Wildman–Crippen LogP) is 1.71. The van der Waals surface area contributed by atoms with E-state index in [1.165, 1.54) is 5.69 Å². The molecule has 4 nitrogen and oxygen atoms in total. The average molecular weight is 225 g/mol. The molecule has 0 aliphatic heterocycles. The minimum Gasteiger partial charge on any atom is -0.379 e. The number of nitrogens with zero attached hydrogens (tertiary/aromatic N) is 2. The van der Waals surface area contributed by atoms with Gasteiger partial charge >= 0.3 is 0 Å². The Bertz CT molecular complexity index is 284. The van der Waals surface area contributed by atoms with Crippen LogP contribution in [0.4, 0.5) is 0 Å². The molecule has 0 bridgehead atoms. The van der Waals surface area contributed by atoms with Crippen molar-refractivity contribution < 1.29 is 4.74 Å². The second-order valence-corrected chi connectivity index (χ2v) is 4.25. The van der Waals surface area contributed by atoms with E-state index in [1.54, 1.807) is 0 Å². The summed E-state index contributed by atoms with van der Waals surface area (Å²) in [5.74, 6) is 0. The SMILES string of the molecule is CC(C)OCCCCNCc1ccnn1C. The van der Waals surface area contributed by atoms with Crippen molar-refractivity contribution >= 4 is 0 Å². The summed E-state index contributed by atoms with van der Waals surface area (Å²) in [6, 6.07) is 2.04. The van der Waals surface area contributed by atoms with E-state index in [9.17, 15) is 0 Å². The number of aryl methyl sites for hydroxylation is 1. The van der Waals surface area contributed by atoms with Crippen molar-refractivity contribution in [3.05, 3.63) is 18.0 Å². The first kappa shape index (κ1) is 13.2. The van der Waals surface area contributed by atoms with Gasteiger partial charge in [-0.1, -0.05) is 0 Å². The standard InChI is InChI=1S/C12H23N3O/c1-11(2)16-9-5-4-7-13-10-12-6-8-14-15(12)3/h6,8,11,13H,4-5,7,9-10H2,1-3H3. The van der Waals surface area contributed by atoms with Crippen molar-refractivity contribution in [1.29, 1.82) is 0 Å². The third-order valence-electron chi connectivity index (χ3n) is 2.43. The van der Waals surface area contributed by atoms with Crippen LogP contribution in [-0.2, 0) is 18.3 Å². The van der Waals surface area contributed by atoms with Crippen LogP contribution in [0.2, 0.25) is 0 Å². The predicted molar refractivity (Wildman–Crippen MR) is 65.2 cm³/mol. The van der Waals surface area contributed by atoms with E-state index in [0.717, 1.165) is 32.5 Å². The topological polar surface area (TPSA) is 39.1 Å². The summed E-state index contributed by atoms with van der Waals surface area (Å²) >= 11 is 0. The van der Waals surface area contributed by atoms with Gasteiger partial charge in [-0.2, -0.15) is 5.10 Å². The van der Waals surface area contributed by atoms with E-state index in [-0.39, 0.29) is 0 Å². The van der Waals surface area contributed by atoms with Crippen LogP contribution >= 0.6 is 0 Å². The lowest BCUT2D eigenvalue weighted by molar-refractivity contribution is 0.0760. The zero-order valence-electron chi connectivity index (χ0n) is 10.6. The third-order valence-corrected chi connectivity index (χ3v) is 2.43. The zero-order valence-corrected chi connectivity index (χ0v) is 10.6. The molecule has 4 heteroatoms. The normalized spacial score (nSPS) is 11.2. The quantitative estimate of drug-likeness (QED) is 0.685. The van der Waals surface area contributed by atoms with Crippen LogP contribution in [0.25, 0.3) is 0 Å². The second kappa shape index (κ2) is 7.41. The van der Waals surface area contributed by atoms with Crippen molar-refractivity contribution in [2.75, 3.05) is 13.2 Å². The summed E-state index contributed by atoms with van der Waals surface area (Å²) in [7, 11) is 1.97. The van der Waals surface area contributed by atoms with Gasteiger partial charge in [0.25, 0.3) is 0 Å². The average Bonchev–Trinajstić information content (AvgIpc) is 2.62. The van der Waals surface area contributed by atoms with Gasteiger partial charge in [0.05, 0.1) is 11.8 Å². The molecule has 0 saturated carbocycles. The van der Waals surface area contributed by atoms with Gasteiger partial charge in [0.1, 0.15) is 0 Å². The van der Waals surface area contributed by atoms with Crippen LogP contribution < -0.4 is 5.32 Å². The van der Waals surface area contributed by atoms with Crippen LogP contribution in [0.3, 0.4) is 0 Å². The van der Waals surface area contributed by atoms with Crippen molar-refractivity contribution in [1.82, 2.24) is 15.1 Å². The van der Waals surface area contributed by atoms with E-state index < -0.39 is 0 Å². The van der Waals surface area contributed by atoms with Gasteiger partial charge in [-0.15, -0.1) is 0 Å². The Balaban J connectivity index is 1.94. The van der Waals surface area contributed by atoms with Crippen LogP contribution in [0, 0.1) is 0 Å². The Morgan fingerprint density at radius 1 is 1.44 bits per heavy atom. The lowest BCUT2D eigenvalue weighted by Crippen LogP contribution is -2.17. The molecule has 0 atom stereocenters. The molecule has 0 spiro atoms. The number of unbranched alkanes of at least 4 members (excludes halogenated alkanes) is 1. The molecule has 1 aromatic rings. The minimum absolute atomic E-state index is 0.349. The molecule has 1 aromatic heterocycles. The van der Waals surface area contributed by atoms with Gasteiger partial charge in [-0.3, -0.25) is 4.68 Å². The number of hydrogen-bond donors (Lipinski definition) is 1. The molecule has 1 rings (SSSR count). The molecule has 92 valence electrons. The summed E-state index contributed by atoms with van der Waals surface area (Å²) in [4.78, 5) is 0. The van der Waals surface area contributed by atoms with Crippen molar-refractivity contribution in [3.8, 4) is 0 Å². The highest BCUT2D eigenvalue weighted by molar-refractivity contribution is 4.98. The van der Waals surface area contributed by atoms with Crippen molar-refractivity contribution in [2.24, 2.45) is 7.05 Å². The molecular weight excluding hydrogens is 202 g/mol. The number of aromatic nitrogens is 2. The molecule has 0 unspecified atom stereocenters. The largest absolute Gasteiger partial charge is 0.379 e. The van der Waals surface area contributed by atoms with Gasteiger partial charge in [0.15, 0.2) is 0 Å². The molecule has 1 heterocycles. The third kappa shape index (κ3) is 5.28. The molecular formula is C12H23N3O. The molecule has 0 fully saturated rings. The van der Waals surface area contributed by atoms with E-state index >= 15 is 0 Å². The molecule has 0 aliphatic rings. The second-order valence-electron chi connectivity index (χ2n) is 4.25. The van der Waals surface area contributed by atoms with Crippen LogP contribution in [-0.4, -0.2) is 29.0 Å². The molecule has 1 N–H and O–H groups in total. The zero-order chi connectivity index (χ0) is 11.8. The summed E-state index contributed by atoms with van der Waals surface area (Å²) in [5.41, 5.74) is 1.22. The Labute approximate surface area is 98.0 Å². The first-order chi connectivity index (χ1) is 7.70. The Kier molecular flexibility index (Phi) is 6.11.